The van der Waals surface area contributed by atoms with Crippen LogP contribution in [-0.4, -0.2) is 34.2 Å². The molecule has 0 aromatic heterocycles. The Bertz CT molecular complexity index is 639. The van der Waals surface area contributed by atoms with Crippen molar-refractivity contribution in [3.63, 3.8) is 0 Å². The molecule has 0 radical (unpaired) electrons. The average molecular weight is 372 g/mol. The van der Waals surface area contributed by atoms with Crippen molar-refractivity contribution in [2.75, 3.05) is 5.32 Å². The first kappa shape index (κ1) is 18.2. The molecule has 3 atom stereocenters. The minimum atomic E-state index is 0.523. The van der Waals surface area contributed by atoms with Gasteiger partial charge in [0, 0.05) is 29.9 Å². The van der Waals surface area contributed by atoms with Crippen molar-refractivity contribution in [2.24, 2.45) is 0 Å². The van der Waals surface area contributed by atoms with E-state index in [0.29, 0.717) is 6.04 Å². The molecule has 142 valence electrons. The van der Waals surface area contributed by atoms with E-state index >= 15 is 0 Å². The van der Waals surface area contributed by atoms with E-state index in [1.54, 1.807) is 0 Å². The number of hydrogen-bond acceptors (Lipinski definition) is 2. The Labute approximate surface area is 163 Å². The molecule has 26 heavy (non-hydrogen) atoms. The largest absolute Gasteiger partial charge is 0.360 e. The molecule has 1 aliphatic carbocycles. The topological polar surface area (TPSA) is 27.3 Å². The smallest absolute Gasteiger partial charge is 0.170 e. The Balaban J connectivity index is 1.35. The summed E-state index contributed by atoms with van der Waals surface area (Å²) < 4.78 is 0. The van der Waals surface area contributed by atoms with Gasteiger partial charge in [-0.05, 0) is 87.8 Å². The van der Waals surface area contributed by atoms with Gasteiger partial charge >= 0.3 is 0 Å². The Hall–Kier alpha value is -1.13. The summed E-state index contributed by atoms with van der Waals surface area (Å²) in [4.78, 5) is 2.93. The Morgan fingerprint density at radius 3 is 2.23 bits per heavy atom. The zero-order valence-corrected chi connectivity index (χ0v) is 17.1. The van der Waals surface area contributed by atoms with Gasteiger partial charge in [-0.2, -0.15) is 0 Å². The van der Waals surface area contributed by atoms with Crippen LogP contribution in [0.15, 0.2) is 18.2 Å². The van der Waals surface area contributed by atoms with Crippen LogP contribution in [0.2, 0.25) is 0 Å². The molecule has 1 saturated carbocycles. The fourth-order valence-corrected chi connectivity index (χ4v) is 5.79. The monoisotopic (exact) mass is 371 g/mol. The SMILES string of the molecule is Cc1ccc(NC(=S)NC2C[C@H]3CCC[C@@H](C2)N3C2CCCC2)cc1C. The first-order chi connectivity index (χ1) is 12.6. The van der Waals surface area contributed by atoms with Crippen LogP contribution >= 0.6 is 12.2 Å². The molecule has 2 N–H and O–H groups in total. The van der Waals surface area contributed by atoms with E-state index in [0.717, 1.165) is 28.9 Å². The molecule has 4 heteroatoms. The normalized spacial score (nSPS) is 29.5. The zero-order chi connectivity index (χ0) is 18.1. The summed E-state index contributed by atoms with van der Waals surface area (Å²) in [5.74, 6) is 0. The summed E-state index contributed by atoms with van der Waals surface area (Å²) in [5.41, 5.74) is 3.72. The minimum absolute atomic E-state index is 0.523. The maximum Gasteiger partial charge on any atom is 0.170 e. The lowest BCUT2D eigenvalue weighted by Crippen LogP contribution is -2.59. The summed E-state index contributed by atoms with van der Waals surface area (Å²) in [6.07, 6.45) is 12.4. The van der Waals surface area contributed by atoms with Gasteiger partial charge in [0.25, 0.3) is 0 Å². The van der Waals surface area contributed by atoms with Gasteiger partial charge in [0.05, 0.1) is 0 Å². The summed E-state index contributed by atoms with van der Waals surface area (Å²) >= 11 is 5.63. The molecule has 0 spiro atoms. The summed E-state index contributed by atoms with van der Waals surface area (Å²) in [6.45, 7) is 4.30. The highest BCUT2D eigenvalue weighted by molar-refractivity contribution is 7.80. The van der Waals surface area contributed by atoms with Crippen molar-refractivity contribution in [2.45, 2.75) is 95.8 Å². The van der Waals surface area contributed by atoms with Crippen LogP contribution in [0.3, 0.4) is 0 Å². The third-order valence-electron chi connectivity index (χ3n) is 6.88. The number of anilines is 1. The van der Waals surface area contributed by atoms with Gasteiger partial charge in [0.1, 0.15) is 0 Å². The van der Waals surface area contributed by atoms with E-state index < -0.39 is 0 Å². The Morgan fingerprint density at radius 2 is 1.58 bits per heavy atom. The van der Waals surface area contributed by atoms with E-state index in [1.807, 2.05) is 0 Å². The molecule has 2 saturated heterocycles. The number of fused-ring (bicyclic) bond motifs is 2. The van der Waals surface area contributed by atoms with Crippen LogP contribution in [0.4, 0.5) is 5.69 Å². The second-order valence-corrected chi connectivity index (χ2v) is 9.10. The molecule has 1 aromatic carbocycles. The molecule has 3 aliphatic rings. The van der Waals surface area contributed by atoms with Crippen LogP contribution in [0, 0.1) is 13.8 Å². The van der Waals surface area contributed by atoms with Crippen molar-refractivity contribution in [1.29, 1.82) is 0 Å². The maximum atomic E-state index is 5.63. The van der Waals surface area contributed by atoms with Gasteiger partial charge in [0.2, 0.25) is 0 Å². The van der Waals surface area contributed by atoms with Gasteiger partial charge in [-0.15, -0.1) is 0 Å². The minimum Gasteiger partial charge on any atom is -0.360 e. The quantitative estimate of drug-likeness (QED) is 0.738. The lowest BCUT2D eigenvalue weighted by atomic mass is 9.80. The number of rotatable bonds is 3. The van der Waals surface area contributed by atoms with Gasteiger partial charge in [0.15, 0.2) is 5.11 Å². The van der Waals surface area contributed by atoms with Crippen molar-refractivity contribution in [3.05, 3.63) is 29.3 Å². The molecule has 3 fully saturated rings. The second-order valence-electron chi connectivity index (χ2n) is 8.69. The number of thiocarbonyl (C=S) groups is 1. The molecule has 1 unspecified atom stereocenters. The fourth-order valence-electron chi connectivity index (χ4n) is 5.51. The molecule has 1 aromatic rings. The molecule has 2 heterocycles. The highest BCUT2D eigenvalue weighted by Crippen LogP contribution is 2.39. The lowest BCUT2D eigenvalue weighted by Gasteiger charge is -2.52. The van der Waals surface area contributed by atoms with Crippen LogP contribution in [0.5, 0.6) is 0 Å². The predicted molar refractivity (Wildman–Crippen MR) is 114 cm³/mol. The van der Waals surface area contributed by atoms with Crippen molar-refractivity contribution < 1.29 is 0 Å². The van der Waals surface area contributed by atoms with Crippen molar-refractivity contribution in [1.82, 2.24) is 10.2 Å². The molecule has 0 amide bonds. The number of hydrogen-bond donors (Lipinski definition) is 2. The third-order valence-corrected chi connectivity index (χ3v) is 7.10. The van der Waals surface area contributed by atoms with E-state index in [1.165, 1.54) is 68.9 Å². The average Bonchev–Trinajstić information content (AvgIpc) is 3.11. The number of piperidine rings is 2. The third kappa shape index (κ3) is 3.91. The first-order valence-corrected chi connectivity index (χ1v) is 10.9. The van der Waals surface area contributed by atoms with Crippen molar-refractivity contribution in [3.8, 4) is 0 Å². The Kier molecular flexibility index (Phi) is 5.51. The lowest BCUT2D eigenvalue weighted by molar-refractivity contribution is -0.00596. The van der Waals surface area contributed by atoms with E-state index in [4.69, 9.17) is 12.2 Å². The van der Waals surface area contributed by atoms with Crippen LogP contribution in [0.1, 0.15) is 68.9 Å². The van der Waals surface area contributed by atoms with E-state index in [9.17, 15) is 0 Å². The first-order valence-electron chi connectivity index (χ1n) is 10.5. The molecule has 2 bridgehead atoms. The number of nitrogens with zero attached hydrogens (tertiary/aromatic N) is 1. The summed E-state index contributed by atoms with van der Waals surface area (Å²) in [6, 6.07) is 9.39. The van der Waals surface area contributed by atoms with Crippen LogP contribution in [-0.2, 0) is 0 Å². The van der Waals surface area contributed by atoms with Crippen LogP contribution < -0.4 is 10.6 Å². The fraction of sp³-hybridized carbons (Fsp3) is 0.682. The van der Waals surface area contributed by atoms with E-state index in [2.05, 4.69) is 47.6 Å². The number of nitrogens with one attached hydrogen (secondary N) is 2. The van der Waals surface area contributed by atoms with Crippen LogP contribution in [0.25, 0.3) is 0 Å². The van der Waals surface area contributed by atoms with E-state index in [-0.39, 0.29) is 0 Å². The molecule has 4 rings (SSSR count). The molecule has 2 aliphatic heterocycles. The molecule has 3 nitrogen and oxygen atoms in total. The highest BCUT2D eigenvalue weighted by Gasteiger charge is 2.42. The van der Waals surface area contributed by atoms with Gasteiger partial charge in [-0.25, -0.2) is 0 Å². The molecular formula is C22H33N3S. The highest BCUT2D eigenvalue weighted by atomic mass is 32.1. The molecular weight excluding hydrogens is 338 g/mol. The second kappa shape index (κ2) is 7.85. The number of benzene rings is 1. The van der Waals surface area contributed by atoms with Gasteiger partial charge < -0.3 is 10.6 Å². The van der Waals surface area contributed by atoms with Gasteiger partial charge in [-0.3, -0.25) is 4.90 Å². The predicted octanol–water partition coefficient (Wildman–Crippen LogP) is 4.92. The van der Waals surface area contributed by atoms with Crippen molar-refractivity contribution >= 4 is 23.0 Å². The standard InChI is InChI=1S/C22H33N3S/c1-15-10-11-17(12-16(15)2)23-22(26)24-18-13-20-8-5-9-21(14-18)25(20)19-6-3-4-7-19/h10-12,18-21H,3-9,13-14H2,1-2H3,(H2,23,24,26)/t18?,20-,21+. The summed E-state index contributed by atoms with van der Waals surface area (Å²) in [7, 11) is 0. The van der Waals surface area contributed by atoms with Gasteiger partial charge in [-0.1, -0.05) is 25.3 Å². The summed E-state index contributed by atoms with van der Waals surface area (Å²) in [5, 5.41) is 7.81. The Morgan fingerprint density at radius 1 is 0.923 bits per heavy atom. The maximum absolute atomic E-state index is 5.63. The zero-order valence-electron chi connectivity index (χ0n) is 16.3. The number of aryl methyl sites for hydroxylation is 2.